The summed E-state index contributed by atoms with van der Waals surface area (Å²) in [7, 11) is 0. The van der Waals surface area contributed by atoms with Crippen LogP contribution in [0.5, 0.6) is 0 Å². The summed E-state index contributed by atoms with van der Waals surface area (Å²) < 4.78 is 0. The minimum absolute atomic E-state index is 0.137. The van der Waals surface area contributed by atoms with Crippen molar-refractivity contribution in [2.24, 2.45) is 0 Å². The molecule has 0 aromatic carbocycles. The van der Waals surface area contributed by atoms with Crippen LogP contribution in [0.25, 0.3) is 11.4 Å². The summed E-state index contributed by atoms with van der Waals surface area (Å²) in [5.74, 6) is 1.36. The fourth-order valence-electron chi connectivity index (χ4n) is 2.51. The van der Waals surface area contributed by atoms with Gasteiger partial charge in [-0.25, -0.2) is 9.97 Å². The molecular formula is C18H20N4OS. The van der Waals surface area contributed by atoms with Gasteiger partial charge in [-0.1, -0.05) is 6.92 Å². The molecule has 3 rings (SSSR count). The minimum atomic E-state index is -0.137. The molecule has 0 unspecified atom stereocenters. The number of hydrogen-bond acceptors (Lipinski definition) is 5. The van der Waals surface area contributed by atoms with Crippen molar-refractivity contribution in [1.29, 1.82) is 0 Å². The third-order valence-corrected chi connectivity index (χ3v) is 4.81. The fourth-order valence-corrected chi connectivity index (χ4v) is 3.46. The highest BCUT2D eigenvalue weighted by atomic mass is 32.1. The average molecular weight is 340 g/mol. The predicted octanol–water partition coefficient (Wildman–Crippen LogP) is 3.68. The summed E-state index contributed by atoms with van der Waals surface area (Å²) in [6, 6.07) is 7.55. The summed E-state index contributed by atoms with van der Waals surface area (Å²) >= 11 is 1.81. The van der Waals surface area contributed by atoms with Gasteiger partial charge in [-0.05, 0) is 44.0 Å². The van der Waals surface area contributed by atoms with E-state index in [1.807, 2.05) is 19.1 Å². The normalized spacial score (nSPS) is 10.8. The van der Waals surface area contributed by atoms with E-state index in [1.165, 1.54) is 21.4 Å². The summed E-state index contributed by atoms with van der Waals surface area (Å²) in [6.45, 7) is 6.98. The maximum Gasteiger partial charge on any atom is 0.251 e. The molecule has 6 heteroatoms. The van der Waals surface area contributed by atoms with Gasteiger partial charge in [0.25, 0.3) is 5.56 Å². The Balaban J connectivity index is 1.75. The molecule has 0 aliphatic rings. The van der Waals surface area contributed by atoms with Gasteiger partial charge in [0.15, 0.2) is 0 Å². The van der Waals surface area contributed by atoms with E-state index in [1.54, 1.807) is 17.5 Å². The zero-order valence-corrected chi connectivity index (χ0v) is 14.8. The van der Waals surface area contributed by atoms with Crippen LogP contribution in [0, 0.1) is 13.8 Å². The molecule has 0 bridgehead atoms. The smallest absolute Gasteiger partial charge is 0.251 e. The summed E-state index contributed by atoms with van der Waals surface area (Å²) in [6.07, 6.45) is 2.45. The van der Waals surface area contributed by atoms with Gasteiger partial charge in [0.2, 0.25) is 0 Å². The van der Waals surface area contributed by atoms with Crippen LogP contribution in [-0.4, -0.2) is 15.0 Å². The van der Waals surface area contributed by atoms with Crippen LogP contribution >= 0.6 is 11.3 Å². The number of aromatic nitrogens is 3. The zero-order chi connectivity index (χ0) is 17.1. The maximum absolute atomic E-state index is 11.7. The topological polar surface area (TPSA) is 70.7 Å². The van der Waals surface area contributed by atoms with Crippen molar-refractivity contribution in [3.8, 4) is 11.4 Å². The Hall–Kier alpha value is -2.47. The van der Waals surface area contributed by atoms with Crippen molar-refractivity contribution in [3.63, 3.8) is 0 Å². The van der Waals surface area contributed by atoms with Gasteiger partial charge in [0, 0.05) is 39.8 Å². The Morgan fingerprint density at radius 2 is 2.08 bits per heavy atom. The molecule has 3 aromatic rings. The predicted molar refractivity (Wildman–Crippen MR) is 98.6 cm³/mol. The monoisotopic (exact) mass is 340 g/mol. The van der Waals surface area contributed by atoms with E-state index in [0.29, 0.717) is 5.82 Å². The largest absolute Gasteiger partial charge is 0.366 e. The lowest BCUT2D eigenvalue weighted by Gasteiger charge is -2.07. The van der Waals surface area contributed by atoms with E-state index in [4.69, 9.17) is 0 Å². The van der Waals surface area contributed by atoms with Gasteiger partial charge >= 0.3 is 0 Å². The first-order chi connectivity index (χ1) is 11.5. The second kappa shape index (κ2) is 6.97. The highest BCUT2D eigenvalue weighted by molar-refractivity contribution is 7.12. The number of pyridine rings is 1. The number of aryl methyl sites for hydroxylation is 3. The quantitative estimate of drug-likeness (QED) is 0.743. The van der Waals surface area contributed by atoms with Crippen LogP contribution in [0.3, 0.4) is 0 Å². The molecule has 2 N–H and O–H groups in total. The number of anilines is 1. The summed E-state index contributed by atoms with van der Waals surface area (Å²) in [4.78, 5) is 26.0. The Kier molecular flexibility index (Phi) is 4.76. The van der Waals surface area contributed by atoms with E-state index >= 15 is 0 Å². The molecular weight excluding hydrogens is 320 g/mol. The van der Waals surface area contributed by atoms with Crippen molar-refractivity contribution in [2.45, 2.75) is 33.7 Å². The van der Waals surface area contributed by atoms with Crippen LogP contribution in [0.15, 0.2) is 35.3 Å². The maximum atomic E-state index is 11.7. The molecule has 0 spiro atoms. The number of H-pyrrole nitrogens is 1. The molecule has 0 radical (unpaired) electrons. The second-order valence-corrected chi connectivity index (χ2v) is 7.12. The number of nitrogens with one attached hydrogen (secondary N) is 2. The molecule has 0 amide bonds. The number of nitrogens with zero attached hydrogens (tertiary/aromatic N) is 2. The molecule has 0 fully saturated rings. The lowest BCUT2D eigenvalue weighted by Crippen LogP contribution is -2.10. The number of aromatic amines is 1. The van der Waals surface area contributed by atoms with E-state index in [-0.39, 0.29) is 5.56 Å². The SMILES string of the molecule is CCc1cc(=O)[nH]c(-c2ccc(NCc3cc(C)sc3C)nc2)n1. The molecule has 5 nitrogen and oxygen atoms in total. The van der Waals surface area contributed by atoms with Crippen molar-refractivity contribution in [2.75, 3.05) is 5.32 Å². The molecule has 0 aliphatic heterocycles. The van der Waals surface area contributed by atoms with Crippen LogP contribution in [0.2, 0.25) is 0 Å². The lowest BCUT2D eigenvalue weighted by molar-refractivity contribution is 0.985. The molecule has 0 saturated carbocycles. The van der Waals surface area contributed by atoms with E-state index in [0.717, 1.165) is 30.0 Å². The van der Waals surface area contributed by atoms with E-state index < -0.39 is 0 Å². The zero-order valence-electron chi connectivity index (χ0n) is 14.0. The third-order valence-electron chi connectivity index (χ3n) is 3.80. The van der Waals surface area contributed by atoms with Gasteiger partial charge < -0.3 is 10.3 Å². The summed E-state index contributed by atoms with van der Waals surface area (Å²) in [5.41, 5.74) is 2.74. The standard InChI is InChI=1S/C18H20N4OS/c1-4-15-8-17(23)22-18(21-15)13-5-6-16(19-9-13)20-10-14-7-11(2)24-12(14)3/h5-9H,4,10H2,1-3H3,(H,19,20)(H,21,22,23). The van der Waals surface area contributed by atoms with E-state index in [2.05, 4.69) is 40.2 Å². The fraction of sp³-hybridized carbons (Fsp3) is 0.278. The highest BCUT2D eigenvalue weighted by Gasteiger charge is 2.06. The Labute approximate surface area is 144 Å². The molecule has 0 aliphatic carbocycles. The molecule has 24 heavy (non-hydrogen) atoms. The molecule has 0 saturated heterocycles. The lowest BCUT2D eigenvalue weighted by atomic mass is 10.2. The van der Waals surface area contributed by atoms with Gasteiger partial charge in [-0.2, -0.15) is 0 Å². The van der Waals surface area contributed by atoms with Gasteiger partial charge in [0.05, 0.1) is 0 Å². The van der Waals surface area contributed by atoms with Crippen molar-refractivity contribution >= 4 is 17.2 Å². The van der Waals surface area contributed by atoms with Crippen LogP contribution < -0.4 is 10.9 Å². The molecule has 124 valence electrons. The van der Waals surface area contributed by atoms with Crippen LogP contribution in [0.4, 0.5) is 5.82 Å². The van der Waals surface area contributed by atoms with Crippen LogP contribution in [0.1, 0.15) is 27.9 Å². The first kappa shape index (κ1) is 16.4. The van der Waals surface area contributed by atoms with Gasteiger partial charge in [0.1, 0.15) is 11.6 Å². The highest BCUT2D eigenvalue weighted by Crippen LogP contribution is 2.21. The average Bonchev–Trinajstić information content (AvgIpc) is 2.90. The van der Waals surface area contributed by atoms with E-state index in [9.17, 15) is 4.79 Å². The number of thiophene rings is 1. The molecule has 3 aromatic heterocycles. The second-order valence-electron chi connectivity index (χ2n) is 5.66. The number of rotatable bonds is 5. The third kappa shape index (κ3) is 3.71. The summed E-state index contributed by atoms with van der Waals surface area (Å²) in [5, 5.41) is 3.33. The van der Waals surface area contributed by atoms with Crippen molar-refractivity contribution in [3.05, 3.63) is 61.8 Å². The first-order valence-corrected chi connectivity index (χ1v) is 8.73. The molecule has 0 atom stereocenters. The van der Waals surface area contributed by atoms with Gasteiger partial charge in [-0.3, -0.25) is 4.79 Å². The van der Waals surface area contributed by atoms with Crippen molar-refractivity contribution in [1.82, 2.24) is 15.0 Å². The van der Waals surface area contributed by atoms with Crippen molar-refractivity contribution < 1.29 is 0 Å². The molecule has 3 heterocycles. The first-order valence-electron chi connectivity index (χ1n) is 7.91. The van der Waals surface area contributed by atoms with Gasteiger partial charge in [-0.15, -0.1) is 11.3 Å². The minimum Gasteiger partial charge on any atom is -0.366 e. The Bertz CT molecular complexity index is 896. The number of hydrogen-bond donors (Lipinski definition) is 2. The Morgan fingerprint density at radius 3 is 2.71 bits per heavy atom. The van der Waals surface area contributed by atoms with Crippen LogP contribution in [-0.2, 0) is 13.0 Å². The Morgan fingerprint density at radius 1 is 1.25 bits per heavy atom.